The Bertz CT molecular complexity index is 1310. The van der Waals surface area contributed by atoms with E-state index in [-0.39, 0.29) is 0 Å². The Kier molecular flexibility index (Phi) is 16.5. The number of rotatable bonds is 13. The van der Waals surface area contributed by atoms with Gasteiger partial charge in [0.25, 0.3) is 0 Å². The summed E-state index contributed by atoms with van der Waals surface area (Å²) in [6.45, 7) is -0.983. The van der Waals surface area contributed by atoms with Crippen molar-refractivity contribution in [2.24, 2.45) is 0 Å². The molecule has 26 nitrogen and oxygen atoms in total. The van der Waals surface area contributed by atoms with Crippen LogP contribution in [-0.4, -0.2) is 262 Å². The first-order valence-corrected chi connectivity index (χ1v) is 18.5. The second-order valence-corrected chi connectivity index (χ2v) is 14.7. The zero-order chi connectivity index (χ0) is 42.9. The highest BCUT2D eigenvalue weighted by Gasteiger charge is 2.55. The summed E-state index contributed by atoms with van der Waals surface area (Å²) < 4.78 is 50.4. The van der Waals surface area contributed by atoms with E-state index in [9.17, 15) is 81.4 Å². The fraction of sp³-hybridized carbons (Fsp3) is 0.969. The molecule has 0 aromatic heterocycles. The van der Waals surface area contributed by atoms with Crippen LogP contribution in [0.15, 0.2) is 0 Å². The van der Waals surface area contributed by atoms with Gasteiger partial charge in [-0.25, -0.2) is 0 Å². The van der Waals surface area contributed by atoms with E-state index in [0.717, 1.165) is 6.92 Å². The van der Waals surface area contributed by atoms with Gasteiger partial charge in [-0.3, -0.25) is 4.79 Å². The third kappa shape index (κ3) is 9.91. The molecule has 5 aliphatic rings. The molecular weight excluding hydrogens is 798 g/mol. The minimum absolute atomic E-state index is 0.736. The van der Waals surface area contributed by atoms with Gasteiger partial charge in [0.2, 0.25) is 5.91 Å². The Morgan fingerprint density at radius 1 is 0.483 bits per heavy atom. The van der Waals surface area contributed by atoms with E-state index in [1.165, 1.54) is 6.92 Å². The maximum Gasteiger partial charge on any atom is 0.217 e. The Morgan fingerprint density at radius 2 is 0.931 bits per heavy atom. The molecule has 5 aliphatic heterocycles. The summed E-state index contributed by atoms with van der Waals surface area (Å²) in [6.07, 6.45) is -42.3. The largest absolute Gasteiger partial charge is 0.394 e. The summed E-state index contributed by atoms with van der Waals surface area (Å²) in [5, 5.41) is 159. The predicted octanol–water partition coefficient (Wildman–Crippen LogP) is -10.8. The van der Waals surface area contributed by atoms with Crippen molar-refractivity contribution in [2.45, 2.75) is 167 Å². The van der Waals surface area contributed by atoms with Crippen LogP contribution in [0, 0.1) is 0 Å². The Labute approximate surface area is 329 Å². The molecule has 5 heterocycles. The normalized spacial score (nSPS) is 51.6. The summed E-state index contributed by atoms with van der Waals surface area (Å²) in [7, 11) is 0. The van der Waals surface area contributed by atoms with Crippen molar-refractivity contribution in [3.05, 3.63) is 0 Å². The van der Waals surface area contributed by atoms with Crippen LogP contribution in [0.5, 0.6) is 0 Å². The molecule has 16 N–H and O–H groups in total. The van der Waals surface area contributed by atoms with Crippen LogP contribution in [0.2, 0.25) is 0 Å². The molecule has 338 valence electrons. The van der Waals surface area contributed by atoms with E-state index in [2.05, 4.69) is 5.32 Å². The fourth-order valence-corrected chi connectivity index (χ4v) is 7.27. The predicted molar refractivity (Wildman–Crippen MR) is 177 cm³/mol. The molecule has 0 bridgehead atoms. The highest BCUT2D eigenvalue weighted by Crippen LogP contribution is 2.34. The van der Waals surface area contributed by atoms with E-state index in [1.54, 1.807) is 0 Å². The van der Waals surface area contributed by atoms with Crippen LogP contribution in [0.1, 0.15) is 13.8 Å². The second kappa shape index (κ2) is 20.1. The minimum Gasteiger partial charge on any atom is -0.394 e. The molecule has 5 fully saturated rings. The molecule has 0 spiro atoms. The molecular formula is C32H55NO25. The third-order valence-corrected chi connectivity index (χ3v) is 10.7. The standard InChI is InChI=1S/C32H55NO25/c1-7-14(38)18(42)21(45)30(51-7)58-27-24(48)28(49)52-11(5-36)26(27)57-32-23(47)20(44)16(40)12(55-32)6-50-29-13(33-8(2)37)17(41)25(10(4-35)54-29)56-31-22(46)19(43)15(39)9(3-34)53-31/h7,9-32,34-36,38-49H,3-6H2,1-2H3,(H,33,37)/t7-,9+,10+,11+,12+,13+,14+,15-,16-,17+,18+,19-,20-,21-,22+,23+,24+,25+,26+,27+,28?,29+,30-,31-,32-/m0/s1. The van der Waals surface area contributed by atoms with Gasteiger partial charge in [-0.1, -0.05) is 0 Å². The molecule has 58 heavy (non-hydrogen) atoms. The zero-order valence-corrected chi connectivity index (χ0v) is 31.1. The first-order valence-electron chi connectivity index (χ1n) is 18.5. The van der Waals surface area contributed by atoms with Crippen molar-refractivity contribution in [3.8, 4) is 0 Å². The summed E-state index contributed by atoms with van der Waals surface area (Å²) in [5.74, 6) is -0.736. The van der Waals surface area contributed by atoms with Gasteiger partial charge in [-0.15, -0.1) is 0 Å². The Morgan fingerprint density at radius 3 is 1.48 bits per heavy atom. The lowest BCUT2D eigenvalue weighted by molar-refractivity contribution is -0.384. The van der Waals surface area contributed by atoms with Gasteiger partial charge >= 0.3 is 0 Å². The number of hydrogen-bond acceptors (Lipinski definition) is 25. The lowest BCUT2D eigenvalue weighted by atomic mass is 9.95. The van der Waals surface area contributed by atoms with E-state index in [0.29, 0.717) is 0 Å². The molecule has 26 heteroatoms. The summed E-state index contributed by atoms with van der Waals surface area (Å²) in [5.41, 5.74) is 0. The summed E-state index contributed by atoms with van der Waals surface area (Å²) >= 11 is 0. The molecule has 0 aliphatic carbocycles. The number of carbonyl (C=O) groups is 1. The second-order valence-electron chi connectivity index (χ2n) is 14.7. The van der Waals surface area contributed by atoms with E-state index in [1.807, 2.05) is 0 Å². The van der Waals surface area contributed by atoms with Crippen LogP contribution < -0.4 is 5.32 Å². The summed E-state index contributed by atoms with van der Waals surface area (Å²) in [4.78, 5) is 12.2. The maximum atomic E-state index is 12.2. The fourth-order valence-electron chi connectivity index (χ4n) is 7.27. The van der Waals surface area contributed by atoms with Gasteiger partial charge < -0.3 is 125 Å². The number of aliphatic hydroxyl groups is 15. The quantitative estimate of drug-likeness (QED) is 0.0818. The number of ether oxygens (including phenoxy) is 9. The number of carbonyl (C=O) groups excluding carboxylic acids is 1. The lowest BCUT2D eigenvalue weighted by Crippen LogP contribution is -2.68. The average Bonchev–Trinajstić information content (AvgIpc) is 3.19. The molecule has 25 atom stereocenters. The number of amides is 1. The number of aliphatic hydroxyl groups excluding tert-OH is 15. The van der Waals surface area contributed by atoms with Crippen LogP contribution in [-0.2, 0) is 47.4 Å². The smallest absolute Gasteiger partial charge is 0.217 e. The van der Waals surface area contributed by atoms with Crippen molar-refractivity contribution >= 4 is 5.91 Å². The molecule has 5 rings (SSSR count). The monoisotopic (exact) mass is 853 g/mol. The minimum atomic E-state index is -2.07. The van der Waals surface area contributed by atoms with Crippen molar-refractivity contribution in [2.75, 3.05) is 26.4 Å². The van der Waals surface area contributed by atoms with E-state index < -0.39 is 186 Å². The third-order valence-electron chi connectivity index (χ3n) is 10.7. The molecule has 0 aromatic rings. The SMILES string of the molecule is CC(=O)N[C@H]1[C@H](OC[C@H]2O[C@@H](O[C@H]3[C@H](O[C@@H]4O[C@@H](C)[C@@H](O)[C@@H](O)[C@@H]4O)[C@@H](O)C(O)O[C@@H]3CO)[C@H](O)[C@@H](O)[C@H]2O)O[C@H](CO)[C@@H](O[C@@H]2O[C@H](CO)[C@H](O)[C@H](O)[C@H]2O)[C@@H]1O. The topological polar surface area (TPSA) is 416 Å². The highest BCUT2D eigenvalue weighted by atomic mass is 16.8. The van der Waals surface area contributed by atoms with Crippen molar-refractivity contribution in [3.63, 3.8) is 0 Å². The van der Waals surface area contributed by atoms with Crippen molar-refractivity contribution in [1.82, 2.24) is 5.32 Å². The number of hydrogen-bond donors (Lipinski definition) is 16. The van der Waals surface area contributed by atoms with Crippen LogP contribution in [0.3, 0.4) is 0 Å². The molecule has 0 radical (unpaired) electrons. The molecule has 5 saturated heterocycles. The highest BCUT2D eigenvalue weighted by molar-refractivity contribution is 5.73. The number of nitrogens with one attached hydrogen (secondary N) is 1. The van der Waals surface area contributed by atoms with Gasteiger partial charge in [-0.2, -0.15) is 0 Å². The Hall–Kier alpha value is -1.49. The van der Waals surface area contributed by atoms with Gasteiger partial charge in [0.05, 0.1) is 32.5 Å². The average molecular weight is 854 g/mol. The van der Waals surface area contributed by atoms with Crippen molar-refractivity contribution in [1.29, 1.82) is 0 Å². The van der Waals surface area contributed by atoms with Crippen LogP contribution in [0.4, 0.5) is 0 Å². The first-order chi connectivity index (χ1) is 27.3. The van der Waals surface area contributed by atoms with Crippen molar-refractivity contribution < 1.29 is 124 Å². The zero-order valence-electron chi connectivity index (χ0n) is 31.1. The van der Waals surface area contributed by atoms with Gasteiger partial charge in [0, 0.05) is 6.92 Å². The molecule has 1 amide bonds. The van der Waals surface area contributed by atoms with Gasteiger partial charge in [0.15, 0.2) is 31.5 Å². The Balaban J connectivity index is 1.31. The van der Waals surface area contributed by atoms with E-state index >= 15 is 0 Å². The first kappa shape index (κ1) is 47.6. The van der Waals surface area contributed by atoms with E-state index in [4.69, 9.17) is 42.6 Å². The van der Waals surface area contributed by atoms with Gasteiger partial charge in [0.1, 0.15) is 116 Å². The molecule has 1 unspecified atom stereocenters. The molecule has 0 aromatic carbocycles. The molecule has 0 saturated carbocycles. The summed E-state index contributed by atoms with van der Waals surface area (Å²) in [6, 6.07) is -1.55. The van der Waals surface area contributed by atoms with Crippen LogP contribution >= 0.6 is 0 Å². The van der Waals surface area contributed by atoms with Gasteiger partial charge in [-0.05, 0) is 6.92 Å². The van der Waals surface area contributed by atoms with Crippen LogP contribution in [0.25, 0.3) is 0 Å². The maximum absolute atomic E-state index is 12.2. The lowest BCUT2D eigenvalue weighted by Gasteiger charge is -2.48.